The fourth-order valence-corrected chi connectivity index (χ4v) is 3.95. The number of fused-ring (bicyclic) bond motifs is 1. The number of hydrogen-bond acceptors (Lipinski definition) is 6. The second-order valence-corrected chi connectivity index (χ2v) is 8.74. The van der Waals surface area contributed by atoms with Crippen LogP contribution < -0.4 is 9.46 Å². The Hall–Kier alpha value is -2.68. The number of aromatic nitrogens is 1. The molecule has 0 unspecified atom stereocenters. The van der Waals surface area contributed by atoms with Gasteiger partial charge in [-0.25, -0.2) is 18.1 Å². The Morgan fingerprint density at radius 3 is 2.57 bits per heavy atom. The molecule has 158 valence electrons. The lowest BCUT2D eigenvalue weighted by Crippen LogP contribution is -2.26. The topological polar surface area (TPSA) is 94.6 Å². The van der Waals surface area contributed by atoms with Crippen molar-refractivity contribution in [3.63, 3.8) is 0 Å². The number of sulfonamides is 1. The van der Waals surface area contributed by atoms with Crippen molar-refractivity contribution in [2.45, 2.75) is 24.8 Å². The van der Waals surface area contributed by atoms with E-state index in [-0.39, 0.29) is 29.6 Å². The van der Waals surface area contributed by atoms with Crippen LogP contribution in [0.5, 0.6) is 5.75 Å². The Labute approximate surface area is 180 Å². The molecule has 0 amide bonds. The van der Waals surface area contributed by atoms with E-state index in [4.69, 9.17) is 21.1 Å². The first-order valence-corrected chi connectivity index (χ1v) is 11.0. The SMILES string of the molecule is COc1ccc2cc(COC(=O)CCNS(=O)(=O)c3ccc(C)cc3)c(Cl)nc2c1. The third-order valence-electron chi connectivity index (χ3n) is 4.39. The Morgan fingerprint density at radius 1 is 1.13 bits per heavy atom. The largest absolute Gasteiger partial charge is 0.497 e. The number of hydrogen-bond donors (Lipinski definition) is 1. The van der Waals surface area contributed by atoms with E-state index in [2.05, 4.69) is 9.71 Å². The summed E-state index contributed by atoms with van der Waals surface area (Å²) in [6.07, 6.45) is -0.110. The van der Waals surface area contributed by atoms with Crippen LogP contribution in [-0.4, -0.2) is 33.0 Å². The number of benzene rings is 2. The summed E-state index contributed by atoms with van der Waals surface area (Å²) in [5.74, 6) is 0.117. The van der Waals surface area contributed by atoms with Gasteiger partial charge in [-0.1, -0.05) is 29.3 Å². The quantitative estimate of drug-likeness (QED) is 0.418. The summed E-state index contributed by atoms with van der Waals surface area (Å²) in [6.45, 7) is 1.74. The van der Waals surface area contributed by atoms with Gasteiger partial charge in [0.25, 0.3) is 0 Å². The van der Waals surface area contributed by atoms with E-state index in [0.717, 1.165) is 10.9 Å². The van der Waals surface area contributed by atoms with Crippen LogP contribution in [-0.2, 0) is 26.2 Å². The van der Waals surface area contributed by atoms with E-state index in [1.165, 1.54) is 12.1 Å². The normalized spacial score (nSPS) is 11.4. The fourth-order valence-electron chi connectivity index (χ4n) is 2.71. The maximum atomic E-state index is 12.2. The van der Waals surface area contributed by atoms with Crippen LogP contribution in [0.2, 0.25) is 5.15 Å². The summed E-state index contributed by atoms with van der Waals surface area (Å²) in [5.41, 5.74) is 2.18. The second kappa shape index (κ2) is 9.42. The number of esters is 1. The van der Waals surface area contributed by atoms with Gasteiger partial charge in [-0.05, 0) is 37.3 Å². The number of aryl methyl sites for hydroxylation is 1. The van der Waals surface area contributed by atoms with E-state index in [1.54, 1.807) is 37.4 Å². The lowest BCUT2D eigenvalue weighted by molar-refractivity contribution is -0.144. The number of carbonyl (C=O) groups is 1. The van der Waals surface area contributed by atoms with Crippen molar-refractivity contribution < 1.29 is 22.7 Å². The number of methoxy groups -OCH3 is 1. The van der Waals surface area contributed by atoms with E-state index in [1.807, 2.05) is 13.0 Å². The average Bonchev–Trinajstić information content (AvgIpc) is 2.72. The zero-order chi connectivity index (χ0) is 21.7. The minimum Gasteiger partial charge on any atom is -0.497 e. The molecule has 3 rings (SSSR count). The number of pyridine rings is 1. The molecule has 1 N–H and O–H groups in total. The van der Waals surface area contributed by atoms with Crippen LogP contribution >= 0.6 is 11.6 Å². The van der Waals surface area contributed by atoms with Crippen LogP contribution in [0.3, 0.4) is 0 Å². The number of rotatable bonds is 8. The highest BCUT2D eigenvalue weighted by molar-refractivity contribution is 7.89. The highest BCUT2D eigenvalue weighted by Crippen LogP contribution is 2.24. The van der Waals surface area contributed by atoms with Crippen molar-refractivity contribution >= 4 is 38.5 Å². The van der Waals surface area contributed by atoms with Crippen molar-refractivity contribution in [1.29, 1.82) is 0 Å². The van der Waals surface area contributed by atoms with Gasteiger partial charge >= 0.3 is 5.97 Å². The minimum atomic E-state index is -3.68. The molecule has 0 atom stereocenters. The van der Waals surface area contributed by atoms with Gasteiger partial charge in [-0.2, -0.15) is 0 Å². The first kappa shape index (κ1) is 22.0. The van der Waals surface area contributed by atoms with Crippen LogP contribution in [0.1, 0.15) is 17.5 Å². The monoisotopic (exact) mass is 448 g/mol. The number of carbonyl (C=O) groups excluding carboxylic acids is 1. The van der Waals surface area contributed by atoms with E-state index < -0.39 is 16.0 Å². The van der Waals surface area contributed by atoms with Gasteiger partial charge in [0.15, 0.2) is 0 Å². The van der Waals surface area contributed by atoms with Gasteiger partial charge in [0.05, 0.1) is 23.9 Å². The molecule has 9 heteroatoms. The number of halogens is 1. The Kier molecular flexibility index (Phi) is 6.91. The molecular formula is C21H21ClN2O5S. The van der Waals surface area contributed by atoms with Gasteiger partial charge in [0.1, 0.15) is 17.5 Å². The average molecular weight is 449 g/mol. The van der Waals surface area contributed by atoms with Crippen molar-refractivity contribution in [2.75, 3.05) is 13.7 Å². The molecule has 3 aromatic rings. The molecule has 0 saturated carbocycles. The smallest absolute Gasteiger partial charge is 0.307 e. The Balaban J connectivity index is 1.54. The molecule has 0 aliphatic rings. The first-order chi connectivity index (χ1) is 14.3. The van der Waals surface area contributed by atoms with E-state index >= 15 is 0 Å². The number of nitrogens with zero attached hydrogens (tertiary/aromatic N) is 1. The zero-order valence-corrected chi connectivity index (χ0v) is 18.1. The van der Waals surface area contributed by atoms with Gasteiger partial charge in [-0.3, -0.25) is 4.79 Å². The maximum absolute atomic E-state index is 12.2. The van der Waals surface area contributed by atoms with Crippen LogP contribution in [0.4, 0.5) is 0 Å². The molecule has 0 aliphatic carbocycles. The molecular weight excluding hydrogens is 428 g/mol. The molecule has 7 nitrogen and oxygen atoms in total. The number of ether oxygens (including phenoxy) is 2. The van der Waals surface area contributed by atoms with Crippen LogP contribution in [0.25, 0.3) is 10.9 Å². The van der Waals surface area contributed by atoms with E-state index in [0.29, 0.717) is 16.8 Å². The summed E-state index contributed by atoms with van der Waals surface area (Å²) in [5, 5.41) is 1.06. The molecule has 0 saturated heterocycles. The van der Waals surface area contributed by atoms with Crippen LogP contribution in [0.15, 0.2) is 53.4 Å². The summed E-state index contributed by atoms with van der Waals surface area (Å²) < 4.78 is 37.2. The molecule has 0 aliphatic heterocycles. The summed E-state index contributed by atoms with van der Waals surface area (Å²) in [7, 11) is -2.11. The predicted molar refractivity (Wildman–Crippen MR) is 114 cm³/mol. The van der Waals surface area contributed by atoms with Gasteiger partial charge in [0, 0.05) is 23.6 Å². The molecule has 0 fully saturated rings. The molecule has 0 radical (unpaired) electrons. The standard InChI is InChI=1S/C21H21ClN2O5S/c1-14-3-7-18(8-4-14)30(26,27)23-10-9-20(25)29-13-16-11-15-5-6-17(28-2)12-19(15)24-21(16)22/h3-8,11-12,23H,9-10,13H2,1-2H3. The maximum Gasteiger partial charge on any atom is 0.307 e. The lowest BCUT2D eigenvalue weighted by atomic mass is 10.1. The van der Waals surface area contributed by atoms with Gasteiger partial charge < -0.3 is 9.47 Å². The molecule has 0 spiro atoms. The van der Waals surface area contributed by atoms with Crippen molar-refractivity contribution in [1.82, 2.24) is 9.71 Å². The molecule has 1 heterocycles. The third-order valence-corrected chi connectivity index (χ3v) is 6.20. The summed E-state index contributed by atoms with van der Waals surface area (Å²) in [6, 6.07) is 13.6. The molecule has 0 bridgehead atoms. The predicted octanol–water partition coefficient (Wildman–Crippen LogP) is 3.62. The Bertz CT molecular complexity index is 1160. The zero-order valence-electron chi connectivity index (χ0n) is 16.5. The highest BCUT2D eigenvalue weighted by atomic mass is 35.5. The lowest BCUT2D eigenvalue weighted by Gasteiger charge is -2.09. The van der Waals surface area contributed by atoms with Gasteiger partial charge in [0.2, 0.25) is 10.0 Å². The van der Waals surface area contributed by atoms with Gasteiger partial charge in [-0.15, -0.1) is 0 Å². The molecule has 30 heavy (non-hydrogen) atoms. The number of nitrogens with one attached hydrogen (secondary N) is 1. The van der Waals surface area contributed by atoms with Crippen molar-refractivity contribution in [2.24, 2.45) is 0 Å². The van der Waals surface area contributed by atoms with Crippen LogP contribution in [0, 0.1) is 6.92 Å². The minimum absolute atomic E-state index is 0.0582. The first-order valence-electron chi connectivity index (χ1n) is 9.13. The highest BCUT2D eigenvalue weighted by Gasteiger charge is 2.15. The van der Waals surface area contributed by atoms with E-state index in [9.17, 15) is 13.2 Å². The summed E-state index contributed by atoms with van der Waals surface area (Å²) >= 11 is 6.19. The second-order valence-electron chi connectivity index (χ2n) is 6.62. The summed E-state index contributed by atoms with van der Waals surface area (Å²) in [4.78, 5) is 16.4. The fraction of sp³-hybridized carbons (Fsp3) is 0.238. The Morgan fingerprint density at radius 2 is 1.87 bits per heavy atom. The van der Waals surface area contributed by atoms with Crippen molar-refractivity contribution in [3.05, 3.63) is 64.8 Å². The molecule has 1 aromatic heterocycles. The van der Waals surface area contributed by atoms with Crippen molar-refractivity contribution in [3.8, 4) is 5.75 Å². The third kappa shape index (κ3) is 5.47. The molecule has 2 aromatic carbocycles.